The second kappa shape index (κ2) is 6.15. The van der Waals surface area contributed by atoms with E-state index in [4.69, 9.17) is 4.74 Å². The number of hydrogen-bond acceptors (Lipinski definition) is 4. The Morgan fingerprint density at radius 2 is 2.10 bits per heavy atom. The fraction of sp³-hybridized carbons (Fsp3) is 0.467. The maximum Gasteiger partial charge on any atom is 0.269 e. The van der Waals surface area contributed by atoms with Crippen LogP contribution < -0.4 is 10.9 Å². The highest BCUT2D eigenvalue weighted by molar-refractivity contribution is 5.74. The van der Waals surface area contributed by atoms with Gasteiger partial charge in [-0.25, -0.2) is 4.98 Å². The van der Waals surface area contributed by atoms with Crippen LogP contribution in [0.2, 0.25) is 0 Å². The Morgan fingerprint density at radius 3 is 2.95 bits per heavy atom. The van der Waals surface area contributed by atoms with Crippen LogP contribution in [0.15, 0.2) is 35.3 Å². The fourth-order valence-electron chi connectivity index (χ4n) is 2.63. The Hall–Kier alpha value is -1.72. The summed E-state index contributed by atoms with van der Waals surface area (Å²) in [6.07, 6.45) is 3.49. The molecule has 1 saturated heterocycles. The number of benzene rings is 1. The maximum absolute atomic E-state index is 12.0. The molecule has 20 heavy (non-hydrogen) atoms. The molecule has 0 atom stereocenters. The van der Waals surface area contributed by atoms with E-state index in [1.54, 1.807) is 4.57 Å². The molecule has 5 nitrogen and oxygen atoms in total. The van der Waals surface area contributed by atoms with Crippen LogP contribution in [-0.4, -0.2) is 35.4 Å². The van der Waals surface area contributed by atoms with Crippen LogP contribution in [0.1, 0.15) is 12.8 Å². The number of fused-ring (bicyclic) bond motifs is 1. The van der Waals surface area contributed by atoms with Crippen LogP contribution in [0.25, 0.3) is 11.0 Å². The van der Waals surface area contributed by atoms with Crippen LogP contribution in [0.3, 0.4) is 0 Å². The lowest BCUT2D eigenvalue weighted by molar-refractivity contribution is 0.0779. The molecule has 1 aliphatic heterocycles. The molecule has 0 saturated carbocycles. The predicted molar refractivity (Wildman–Crippen MR) is 77.8 cm³/mol. The Morgan fingerprint density at radius 1 is 1.30 bits per heavy atom. The highest BCUT2D eigenvalue weighted by Crippen LogP contribution is 2.08. The zero-order valence-electron chi connectivity index (χ0n) is 11.4. The first-order valence-corrected chi connectivity index (χ1v) is 7.10. The molecule has 1 fully saturated rings. The van der Waals surface area contributed by atoms with E-state index in [1.165, 1.54) is 6.20 Å². The summed E-state index contributed by atoms with van der Waals surface area (Å²) in [5, 5.41) is 3.50. The van der Waals surface area contributed by atoms with Gasteiger partial charge in [0.15, 0.2) is 0 Å². The van der Waals surface area contributed by atoms with E-state index < -0.39 is 0 Å². The Balaban J connectivity index is 1.70. The van der Waals surface area contributed by atoms with Gasteiger partial charge in [-0.05, 0) is 25.0 Å². The molecule has 5 heteroatoms. The lowest BCUT2D eigenvalue weighted by Gasteiger charge is -2.23. The molecule has 1 N–H and O–H groups in total. The normalized spacial score (nSPS) is 16.6. The number of hydrogen-bond donors (Lipinski definition) is 1. The molecule has 0 bridgehead atoms. The van der Waals surface area contributed by atoms with Crippen LogP contribution in [0, 0.1) is 0 Å². The van der Waals surface area contributed by atoms with E-state index in [0.717, 1.165) is 43.6 Å². The first-order valence-electron chi connectivity index (χ1n) is 7.10. The van der Waals surface area contributed by atoms with Gasteiger partial charge < -0.3 is 14.6 Å². The quantitative estimate of drug-likeness (QED) is 0.908. The molecule has 2 heterocycles. The highest BCUT2D eigenvalue weighted by Gasteiger charge is 2.12. The summed E-state index contributed by atoms with van der Waals surface area (Å²) in [7, 11) is 0. The maximum atomic E-state index is 12.0. The van der Waals surface area contributed by atoms with Gasteiger partial charge in [-0.15, -0.1) is 0 Å². The molecule has 1 aliphatic rings. The lowest BCUT2D eigenvalue weighted by atomic mass is 10.1. The highest BCUT2D eigenvalue weighted by atomic mass is 16.5. The molecule has 3 rings (SSSR count). The largest absolute Gasteiger partial charge is 0.381 e. The Kier molecular flexibility index (Phi) is 4.08. The summed E-state index contributed by atoms with van der Waals surface area (Å²) in [5.74, 6) is 0. The third-order valence-electron chi connectivity index (χ3n) is 3.74. The van der Waals surface area contributed by atoms with Gasteiger partial charge >= 0.3 is 0 Å². The van der Waals surface area contributed by atoms with Crippen molar-refractivity contribution >= 4 is 11.0 Å². The Bertz CT molecular complexity index is 632. The summed E-state index contributed by atoms with van der Waals surface area (Å²) in [6.45, 7) is 3.11. The number of nitrogens with zero attached hydrogens (tertiary/aromatic N) is 2. The van der Waals surface area contributed by atoms with Gasteiger partial charge in [0.05, 0.1) is 17.2 Å². The summed E-state index contributed by atoms with van der Waals surface area (Å²) in [6, 6.07) is 8.25. The van der Waals surface area contributed by atoms with Crippen molar-refractivity contribution in [2.75, 3.05) is 19.8 Å². The van der Waals surface area contributed by atoms with Gasteiger partial charge in [0.2, 0.25) is 0 Å². The second-order valence-electron chi connectivity index (χ2n) is 5.08. The fourth-order valence-corrected chi connectivity index (χ4v) is 2.63. The van der Waals surface area contributed by atoms with E-state index in [0.29, 0.717) is 12.6 Å². The number of nitrogens with one attached hydrogen (secondary N) is 1. The number of para-hydroxylation sites is 2. The molecule has 106 valence electrons. The molecule has 0 unspecified atom stereocenters. The van der Waals surface area contributed by atoms with Crippen molar-refractivity contribution in [2.45, 2.75) is 25.4 Å². The second-order valence-corrected chi connectivity index (χ2v) is 5.08. The minimum Gasteiger partial charge on any atom is -0.381 e. The minimum absolute atomic E-state index is 0.0440. The summed E-state index contributed by atoms with van der Waals surface area (Å²) in [4.78, 5) is 16.1. The van der Waals surface area contributed by atoms with Gasteiger partial charge in [0, 0.05) is 32.3 Å². The van der Waals surface area contributed by atoms with Crippen LogP contribution in [-0.2, 0) is 11.3 Å². The summed E-state index contributed by atoms with van der Waals surface area (Å²) < 4.78 is 7.12. The van der Waals surface area contributed by atoms with Crippen LogP contribution in [0.5, 0.6) is 0 Å². The number of rotatable bonds is 4. The van der Waals surface area contributed by atoms with Crippen LogP contribution >= 0.6 is 0 Å². The first kappa shape index (κ1) is 13.3. The molecular weight excluding hydrogens is 254 g/mol. The van der Waals surface area contributed by atoms with Crippen molar-refractivity contribution in [2.24, 2.45) is 0 Å². The van der Waals surface area contributed by atoms with E-state index in [-0.39, 0.29) is 5.56 Å². The van der Waals surface area contributed by atoms with Crippen molar-refractivity contribution in [3.63, 3.8) is 0 Å². The summed E-state index contributed by atoms with van der Waals surface area (Å²) >= 11 is 0. The standard InChI is InChI=1S/C15H19N3O2/c19-15-11-17-13-3-1-2-4-14(13)18(15)8-7-16-12-5-9-20-10-6-12/h1-4,11-12,16H,5-10H2. The van der Waals surface area contributed by atoms with E-state index in [2.05, 4.69) is 10.3 Å². The topological polar surface area (TPSA) is 56.2 Å². The van der Waals surface area contributed by atoms with Crippen molar-refractivity contribution in [1.29, 1.82) is 0 Å². The summed E-state index contributed by atoms with van der Waals surface area (Å²) in [5.41, 5.74) is 1.71. The molecular formula is C15H19N3O2. The van der Waals surface area contributed by atoms with E-state index >= 15 is 0 Å². The third-order valence-corrected chi connectivity index (χ3v) is 3.74. The van der Waals surface area contributed by atoms with Gasteiger partial charge in [0.1, 0.15) is 0 Å². The Labute approximate surface area is 117 Å². The van der Waals surface area contributed by atoms with Gasteiger partial charge in [-0.2, -0.15) is 0 Å². The van der Waals surface area contributed by atoms with Crippen molar-refractivity contribution < 1.29 is 4.74 Å². The van der Waals surface area contributed by atoms with Crippen LogP contribution in [0.4, 0.5) is 0 Å². The first-order chi connectivity index (χ1) is 9.84. The smallest absolute Gasteiger partial charge is 0.269 e. The third kappa shape index (κ3) is 2.89. The van der Waals surface area contributed by atoms with E-state index in [1.807, 2.05) is 24.3 Å². The molecule has 2 aromatic rings. The van der Waals surface area contributed by atoms with Gasteiger partial charge in [-0.3, -0.25) is 4.79 Å². The molecule has 1 aromatic carbocycles. The van der Waals surface area contributed by atoms with Crippen molar-refractivity contribution in [3.8, 4) is 0 Å². The molecule has 0 spiro atoms. The predicted octanol–water partition coefficient (Wildman–Crippen LogP) is 1.17. The SMILES string of the molecule is O=c1cnc2ccccc2n1CCNC1CCOCC1. The zero-order valence-corrected chi connectivity index (χ0v) is 11.4. The average Bonchev–Trinajstić information content (AvgIpc) is 2.50. The average molecular weight is 273 g/mol. The number of aromatic nitrogens is 2. The zero-order chi connectivity index (χ0) is 13.8. The lowest BCUT2D eigenvalue weighted by Crippen LogP contribution is -2.37. The van der Waals surface area contributed by atoms with Gasteiger partial charge in [-0.1, -0.05) is 12.1 Å². The number of ether oxygens (including phenoxy) is 1. The molecule has 0 radical (unpaired) electrons. The minimum atomic E-state index is -0.0440. The monoisotopic (exact) mass is 273 g/mol. The molecule has 1 aromatic heterocycles. The van der Waals surface area contributed by atoms with Crippen molar-refractivity contribution in [3.05, 3.63) is 40.8 Å². The molecule has 0 amide bonds. The van der Waals surface area contributed by atoms with Gasteiger partial charge in [0.25, 0.3) is 5.56 Å². The van der Waals surface area contributed by atoms with Crippen molar-refractivity contribution in [1.82, 2.24) is 14.9 Å². The molecule has 0 aliphatic carbocycles. The van der Waals surface area contributed by atoms with E-state index in [9.17, 15) is 4.79 Å².